The van der Waals surface area contributed by atoms with Crippen LogP contribution in [0.2, 0.25) is 0 Å². The van der Waals surface area contributed by atoms with Crippen LogP contribution in [0.15, 0.2) is 12.3 Å². The van der Waals surface area contributed by atoms with E-state index in [4.69, 9.17) is 11.6 Å². The molecule has 2 rings (SSSR count). The summed E-state index contributed by atoms with van der Waals surface area (Å²) < 4.78 is 1.95. The second-order valence-corrected chi connectivity index (χ2v) is 5.51. The van der Waals surface area contributed by atoms with E-state index in [0.29, 0.717) is 5.38 Å². The Morgan fingerprint density at radius 3 is 2.88 bits per heavy atom. The lowest BCUT2D eigenvalue weighted by atomic mass is 9.84. The molecule has 4 heteroatoms. The van der Waals surface area contributed by atoms with Gasteiger partial charge >= 0.3 is 0 Å². The zero-order chi connectivity index (χ0) is 11.5. The van der Waals surface area contributed by atoms with Crippen LogP contribution in [0, 0.1) is 5.92 Å². The van der Waals surface area contributed by atoms with Crippen LogP contribution in [-0.2, 0) is 13.5 Å². The summed E-state index contributed by atoms with van der Waals surface area (Å²) in [5, 5.41) is 4.61. The van der Waals surface area contributed by atoms with Crippen LogP contribution in [0.5, 0.6) is 0 Å². The van der Waals surface area contributed by atoms with E-state index in [9.17, 15) is 0 Å². The number of hydrogen-bond donors (Lipinski definition) is 0. The molecular weight excluding hydrogens is 222 g/mol. The highest BCUT2D eigenvalue weighted by Gasteiger charge is 2.27. The fourth-order valence-electron chi connectivity index (χ4n) is 2.29. The van der Waals surface area contributed by atoms with Crippen molar-refractivity contribution < 1.29 is 0 Å². The van der Waals surface area contributed by atoms with Crippen LogP contribution in [-0.4, -0.2) is 40.2 Å². The van der Waals surface area contributed by atoms with Crippen molar-refractivity contribution in [1.82, 2.24) is 14.7 Å². The lowest BCUT2D eigenvalue weighted by Crippen LogP contribution is -2.35. The molecule has 0 saturated heterocycles. The third-order valence-corrected chi connectivity index (χ3v) is 3.78. The SMILES string of the molecule is CN(CCc1ccnn1C)CC1CC(Cl)C1. The average Bonchev–Trinajstić information content (AvgIpc) is 2.59. The van der Waals surface area contributed by atoms with Gasteiger partial charge in [0, 0.05) is 43.8 Å². The third kappa shape index (κ3) is 2.98. The molecule has 0 aromatic carbocycles. The largest absolute Gasteiger partial charge is 0.306 e. The number of hydrogen-bond acceptors (Lipinski definition) is 2. The number of alkyl halides is 1. The number of rotatable bonds is 5. The molecule has 0 bridgehead atoms. The molecule has 1 aliphatic rings. The summed E-state index contributed by atoms with van der Waals surface area (Å²) in [6, 6.07) is 2.09. The minimum atomic E-state index is 0.440. The molecule has 1 aromatic heterocycles. The molecule has 1 saturated carbocycles. The van der Waals surface area contributed by atoms with Gasteiger partial charge in [-0.2, -0.15) is 5.10 Å². The maximum Gasteiger partial charge on any atom is 0.0492 e. The zero-order valence-electron chi connectivity index (χ0n) is 10.1. The molecule has 0 spiro atoms. The van der Waals surface area contributed by atoms with E-state index < -0.39 is 0 Å². The van der Waals surface area contributed by atoms with Crippen LogP contribution < -0.4 is 0 Å². The molecule has 0 radical (unpaired) electrons. The molecule has 1 aliphatic carbocycles. The van der Waals surface area contributed by atoms with Crippen LogP contribution in [0.25, 0.3) is 0 Å². The van der Waals surface area contributed by atoms with E-state index >= 15 is 0 Å². The first-order valence-corrected chi connectivity index (χ1v) is 6.38. The summed E-state index contributed by atoms with van der Waals surface area (Å²) in [7, 11) is 4.19. The normalized spacial score (nSPS) is 24.8. The molecule has 90 valence electrons. The quantitative estimate of drug-likeness (QED) is 0.735. The average molecular weight is 242 g/mol. The van der Waals surface area contributed by atoms with Crippen LogP contribution in [0.4, 0.5) is 0 Å². The molecular formula is C12H20ClN3. The van der Waals surface area contributed by atoms with E-state index in [0.717, 1.165) is 18.9 Å². The van der Waals surface area contributed by atoms with Gasteiger partial charge in [-0.25, -0.2) is 0 Å². The molecule has 1 aromatic rings. The lowest BCUT2D eigenvalue weighted by molar-refractivity contribution is 0.210. The Morgan fingerprint density at radius 1 is 1.56 bits per heavy atom. The fourth-order valence-corrected chi connectivity index (χ4v) is 2.79. The third-order valence-electron chi connectivity index (χ3n) is 3.42. The van der Waals surface area contributed by atoms with Crippen LogP contribution in [0.1, 0.15) is 18.5 Å². The smallest absolute Gasteiger partial charge is 0.0492 e. The van der Waals surface area contributed by atoms with Crippen molar-refractivity contribution in [2.75, 3.05) is 20.1 Å². The van der Waals surface area contributed by atoms with Crippen molar-refractivity contribution >= 4 is 11.6 Å². The van der Waals surface area contributed by atoms with Crippen LogP contribution >= 0.6 is 11.6 Å². The Hall–Kier alpha value is -0.540. The molecule has 0 unspecified atom stereocenters. The molecule has 1 heterocycles. The van der Waals surface area contributed by atoms with Gasteiger partial charge in [-0.05, 0) is 31.9 Å². The molecule has 0 aliphatic heterocycles. The van der Waals surface area contributed by atoms with Crippen molar-refractivity contribution in [3.05, 3.63) is 18.0 Å². The number of aryl methyl sites for hydroxylation is 1. The zero-order valence-corrected chi connectivity index (χ0v) is 10.8. The van der Waals surface area contributed by atoms with Crippen LogP contribution in [0.3, 0.4) is 0 Å². The van der Waals surface area contributed by atoms with Crippen molar-refractivity contribution in [3.8, 4) is 0 Å². The fraction of sp³-hybridized carbons (Fsp3) is 0.750. The molecule has 1 fully saturated rings. The first kappa shape index (κ1) is 11.9. The topological polar surface area (TPSA) is 21.1 Å². The van der Waals surface area contributed by atoms with E-state index in [1.54, 1.807) is 0 Å². The molecule has 3 nitrogen and oxygen atoms in total. The van der Waals surface area contributed by atoms with Gasteiger partial charge in [-0.3, -0.25) is 4.68 Å². The second-order valence-electron chi connectivity index (χ2n) is 4.89. The Morgan fingerprint density at radius 2 is 2.31 bits per heavy atom. The maximum absolute atomic E-state index is 5.98. The summed E-state index contributed by atoms with van der Waals surface area (Å²) in [5.74, 6) is 0.819. The molecule has 16 heavy (non-hydrogen) atoms. The maximum atomic E-state index is 5.98. The lowest BCUT2D eigenvalue weighted by Gasteiger charge is -2.34. The highest BCUT2D eigenvalue weighted by Crippen LogP contribution is 2.32. The van der Waals surface area contributed by atoms with Gasteiger partial charge in [0.15, 0.2) is 0 Å². The van der Waals surface area contributed by atoms with Gasteiger partial charge in [-0.15, -0.1) is 11.6 Å². The van der Waals surface area contributed by atoms with Crippen molar-refractivity contribution in [2.45, 2.75) is 24.6 Å². The van der Waals surface area contributed by atoms with Gasteiger partial charge in [0.25, 0.3) is 0 Å². The Labute approximate surface area is 102 Å². The van der Waals surface area contributed by atoms with Crippen molar-refractivity contribution in [1.29, 1.82) is 0 Å². The Balaban J connectivity index is 1.68. The summed E-state index contributed by atoms with van der Waals surface area (Å²) in [4.78, 5) is 2.40. The molecule has 0 atom stereocenters. The number of likely N-dealkylation sites (N-methyl/N-ethyl adjacent to an activating group) is 1. The van der Waals surface area contributed by atoms with Gasteiger partial charge in [0.2, 0.25) is 0 Å². The van der Waals surface area contributed by atoms with Gasteiger partial charge in [-0.1, -0.05) is 0 Å². The Kier molecular flexibility index (Phi) is 3.87. The first-order chi connectivity index (χ1) is 7.65. The molecule has 0 amide bonds. The monoisotopic (exact) mass is 241 g/mol. The minimum absolute atomic E-state index is 0.440. The van der Waals surface area contributed by atoms with Gasteiger partial charge in [0.1, 0.15) is 0 Å². The highest BCUT2D eigenvalue weighted by atomic mass is 35.5. The van der Waals surface area contributed by atoms with Crippen molar-refractivity contribution in [2.24, 2.45) is 13.0 Å². The summed E-state index contributed by atoms with van der Waals surface area (Å²) >= 11 is 5.98. The van der Waals surface area contributed by atoms with E-state index in [1.165, 1.54) is 25.1 Å². The number of aromatic nitrogens is 2. The second kappa shape index (κ2) is 5.19. The van der Waals surface area contributed by atoms with E-state index in [-0.39, 0.29) is 0 Å². The van der Waals surface area contributed by atoms with E-state index in [1.807, 2.05) is 17.9 Å². The molecule has 0 N–H and O–H groups in total. The summed E-state index contributed by atoms with van der Waals surface area (Å²) in [6.45, 7) is 2.28. The van der Waals surface area contributed by atoms with E-state index in [2.05, 4.69) is 23.1 Å². The summed E-state index contributed by atoms with van der Waals surface area (Å²) in [6.07, 6.45) is 5.32. The first-order valence-electron chi connectivity index (χ1n) is 5.94. The standard InChI is InChI=1S/C12H20ClN3/c1-15(9-10-7-11(13)8-10)6-4-12-3-5-14-16(12)2/h3,5,10-11H,4,6-9H2,1-2H3. The predicted octanol–water partition coefficient (Wildman–Crippen LogP) is 1.91. The number of nitrogens with zero attached hydrogens (tertiary/aromatic N) is 3. The minimum Gasteiger partial charge on any atom is -0.306 e. The predicted molar refractivity (Wildman–Crippen MR) is 66.8 cm³/mol. The Bertz CT molecular complexity index is 331. The van der Waals surface area contributed by atoms with Gasteiger partial charge in [0.05, 0.1) is 0 Å². The highest BCUT2D eigenvalue weighted by molar-refractivity contribution is 6.21. The number of halogens is 1. The van der Waals surface area contributed by atoms with Gasteiger partial charge < -0.3 is 4.90 Å². The van der Waals surface area contributed by atoms with Crippen molar-refractivity contribution in [3.63, 3.8) is 0 Å². The summed E-state index contributed by atoms with van der Waals surface area (Å²) in [5.41, 5.74) is 1.30.